The topological polar surface area (TPSA) is 50.9 Å². The minimum atomic E-state index is 0.720. The molecule has 0 spiro atoms. The van der Waals surface area contributed by atoms with Crippen LogP contribution in [0, 0.1) is 0 Å². The highest BCUT2D eigenvalue weighted by molar-refractivity contribution is 5.34. The lowest BCUT2D eigenvalue weighted by Gasteiger charge is -2.02. The summed E-state index contributed by atoms with van der Waals surface area (Å²) in [4.78, 5) is 4.19. The first-order valence-corrected chi connectivity index (χ1v) is 4.74. The van der Waals surface area contributed by atoms with Crippen molar-refractivity contribution < 1.29 is 0 Å². The zero-order valence-electron chi connectivity index (χ0n) is 8.09. The molecule has 72 valence electrons. The third-order valence-electron chi connectivity index (χ3n) is 1.86. The van der Waals surface area contributed by atoms with Crippen LogP contribution >= 0.6 is 0 Å². The van der Waals surface area contributed by atoms with E-state index in [2.05, 4.69) is 17.2 Å². The molecular formula is C10H17N3. The smallest absolute Gasteiger partial charge is 0.0543 e. The van der Waals surface area contributed by atoms with Gasteiger partial charge in [0.1, 0.15) is 0 Å². The number of nitrogens with zero attached hydrogens (tertiary/aromatic N) is 1. The average molecular weight is 179 g/mol. The van der Waals surface area contributed by atoms with Crippen molar-refractivity contribution in [2.75, 3.05) is 12.3 Å². The van der Waals surface area contributed by atoms with Gasteiger partial charge in [-0.3, -0.25) is 4.98 Å². The summed E-state index contributed by atoms with van der Waals surface area (Å²) in [5.41, 5.74) is 7.29. The van der Waals surface area contributed by atoms with E-state index >= 15 is 0 Å². The SMILES string of the molecule is CCCCNCc1ccc(N)cn1. The van der Waals surface area contributed by atoms with Crippen LogP contribution < -0.4 is 11.1 Å². The number of nitrogens with one attached hydrogen (secondary N) is 1. The Balaban J connectivity index is 2.25. The number of nitrogens with two attached hydrogens (primary N) is 1. The zero-order chi connectivity index (χ0) is 9.52. The molecule has 3 heteroatoms. The van der Waals surface area contributed by atoms with E-state index in [1.54, 1.807) is 6.20 Å². The van der Waals surface area contributed by atoms with Gasteiger partial charge in [0.15, 0.2) is 0 Å². The number of unbranched alkanes of at least 4 members (excludes halogenated alkanes) is 1. The van der Waals surface area contributed by atoms with Gasteiger partial charge in [0.2, 0.25) is 0 Å². The molecular weight excluding hydrogens is 162 g/mol. The number of nitrogen functional groups attached to an aromatic ring is 1. The summed E-state index contributed by atoms with van der Waals surface area (Å²) >= 11 is 0. The van der Waals surface area contributed by atoms with Gasteiger partial charge in [-0.25, -0.2) is 0 Å². The largest absolute Gasteiger partial charge is 0.397 e. The van der Waals surface area contributed by atoms with Crippen LogP contribution in [0.5, 0.6) is 0 Å². The fourth-order valence-corrected chi connectivity index (χ4v) is 1.06. The minimum Gasteiger partial charge on any atom is -0.397 e. The summed E-state index contributed by atoms with van der Waals surface area (Å²) in [5, 5.41) is 3.32. The Hall–Kier alpha value is -1.09. The summed E-state index contributed by atoms with van der Waals surface area (Å²) in [6.45, 7) is 4.08. The molecule has 1 aromatic rings. The molecule has 1 aromatic heterocycles. The molecule has 0 aliphatic carbocycles. The molecule has 0 atom stereocenters. The second-order valence-corrected chi connectivity index (χ2v) is 3.11. The molecule has 0 aromatic carbocycles. The van der Waals surface area contributed by atoms with Crippen LogP contribution in [-0.2, 0) is 6.54 Å². The Kier molecular flexibility index (Phi) is 4.26. The third-order valence-corrected chi connectivity index (χ3v) is 1.86. The lowest BCUT2D eigenvalue weighted by Crippen LogP contribution is -2.15. The third kappa shape index (κ3) is 3.90. The molecule has 3 N–H and O–H groups in total. The van der Waals surface area contributed by atoms with Crippen molar-refractivity contribution in [3.8, 4) is 0 Å². The zero-order valence-corrected chi connectivity index (χ0v) is 8.09. The van der Waals surface area contributed by atoms with Crippen molar-refractivity contribution in [2.24, 2.45) is 0 Å². The number of hydrogen-bond acceptors (Lipinski definition) is 3. The minimum absolute atomic E-state index is 0.720. The van der Waals surface area contributed by atoms with Gasteiger partial charge in [0.25, 0.3) is 0 Å². The van der Waals surface area contributed by atoms with Crippen LogP contribution in [0.4, 0.5) is 5.69 Å². The maximum Gasteiger partial charge on any atom is 0.0543 e. The maximum absolute atomic E-state index is 5.52. The average Bonchev–Trinajstić information content (AvgIpc) is 2.15. The lowest BCUT2D eigenvalue weighted by molar-refractivity contribution is 0.633. The molecule has 3 nitrogen and oxygen atoms in total. The molecule has 0 aliphatic heterocycles. The molecule has 0 radical (unpaired) electrons. The van der Waals surface area contributed by atoms with E-state index < -0.39 is 0 Å². The Morgan fingerprint density at radius 3 is 2.92 bits per heavy atom. The van der Waals surface area contributed by atoms with E-state index in [4.69, 9.17) is 5.73 Å². The molecule has 0 unspecified atom stereocenters. The van der Waals surface area contributed by atoms with Crippen molar-refractivity contribution in [2.45, 2.75) is 26.3 Å². The summed E-state index contributed by atoms with van der Waals surface area (Å²) in [7, 11) is 0. The summed E-state index contributed by atoms with van der Waals surface area (Å²) in [5.74, 6) is 0. The van der Waals surface area contributed by atoms with Crippen molar-refractivity contribution in [3.63, 3.8) is 0 Å². The highest BCUT2D eigenvalue weighted by Gasteiger charge is 1.92. The Labute approximate surface area is 79.4 Å². The van der Waals surface area contributed by atoms with Crippen LogP contribution in [0.1, 0.15) is 25.5 Å². The second-order valence-electron chi connectivity index (χ2n) is 3.11. The van der Waals surface area contributed by atoms with E-state index in [9.17, 15) is 0 Å². The predicted octanol–water partition coefficient (Wildman–Crippen LogP) is 1.55. The quantitative estimate of drug-likeness (QED) is 0.674. The Morgan fingerprint density at radius 2 is 2.31 bits per heavy atom. The van der Waals surface area contributed by atoms with E-state index in [1.165, 1.54) is 12.8 Å². The first kappa shape index (κ1) is 9.99. The monoisotopic (exact) mass is 179 g/mol. The number of rotatable bonds is 5. The van der Waals surface area contributed by atoms with Crippen molar-refractivity contribution >= 4 is 5.69 Å². The first-order chi connectivity index (χ1) is 6.33. The number of pyridine rings is 1. The molecule has 1 heterocycles. The fourth-order valence-electron chi connectivity index (χ4n) is 1.06. The molecule has 0 saturated carbocycles. The van der Waals surface area contributed by atoms with Crippen molar-refractivity contribution in [3.05, 3.63) is 24.0 Å². The Bertz CT molecular complexity index is 230. The van der Waals surface area contributed by atoms with Gasteiger partial charge in [-0.15, -0.1) is 0 Å². The van der Waals surface area contributed by atoms with Crippen LogP contribution in [0.15, 0.2) is 18.3 Å². The van der Waals surface area contributed by atoms with Gasteiger partial charge in [-0.05, 0) is 25.1 Å². The van der Waals surface area contributed by atoms with Crippen LogP contribution in [0.2, 0.25) is 0 Å². The molecule has 0 aliphatic rings. The Morgan fingerprint density at radius 1 is 1.46 bits per heavy atom. The van der Waals surface area contributed by atoms with E-state index in [1.807, 2.05) is 12.1 Å². The maximum atomic E-state index is 5.52. The molecule has 0 bridgehead atoms. The van der Waals surface area contributed by atoms with Gasteiger partial charge in [0, 0.05) is 6.54 Å². The highest BCUT2D eigenvalue weighted by atomic mass is 14.9. The fraction of sp³-hybridized carbons (Fsp3) is 0.500. The van der Waals surface area contributed by atoms with Gasteiger partial charge in [-0.1, -0.05) is 13.3 Å². The van der Waals surface area contributed by atoms with Crippen LogP contribution in [0.25, 0.3) is 0 Å². The molecule has 0 saturated heterocycles. The van der Waals surface area contributed by atoms with Gasteiger partial charge in [0.05, 0.1) is 17.6 Å². The normalized spacial score (nSPS) is 10.2. The number of anilines is 1. The predicted molar refractivity (Wildman–Crippen MR) is 55.3 cm³/mol. The summed E-state index contributed by atoms with van der Waals surface area (Å²) in [6.07, 6.45) is 4.13. The molecule has 0 amide bonds. The van der Waals surface area contributed by atoms with Gasteiger partial charge >= 0.3 is 0 Å². The number of aromatic nitrogens is 1. The van der Waals surface area contributed by atoms with Crippen LogP contribution in [-0.4, -0.2) is 11.5 Å². The molecule has 0 fully saturated rings. The number of hydrogen-bond donors (Lipinski definition) is 2. The highest BCUT2D eigenvalue weighted by Crippen LogP contribution is 2.00. The van der Waals surface area contributed by atoms with E-state index in [0.29, 0.717) is 0 Å². The second kappa shape index (κ2) is 5.54. The summed E-state index contributed by atoms with van der Waals surface area (Å²) < 4.78 is 0. The van der Waals surface area contributed by atoms with E-state index in [0.717, 1.165) is 24.5 Å². The van der Waals surface area contributed by atoms with Crippen molar-refractivity contribution in [1.82, 2.24) is 10.3 Å². The lowest BCUT2D eigenvalue weighted by atomic mass is 10.3. The first-order valence-electron chi connectivity index (χ1n) is 4.74. The standard InChI is InChI=1S/C10H17N3/c1-2-3-6-12-8-10-5-4-9(11)7-13-10/h4-5,7,12H,2-3,6,8,11H2,1H3. The van der Waals surface area contributed by atoms with E-state index in [-0.39, 0.29) is 0 Å². The van der Waals surface area contributed by atoms with Crippen LogP contribution in [0.3, 0.4) is 0 Å². The molecule has 1 rings (SSSR count). The van der Waals surface area contributed by atoms with Crippen molar-refractivity contribution in [1.29, 1.82) is 0 Å². The summed E-state index contributed by atoms with van der Waals surface area (Å²) in [6, 6.07) is 3.83. The molecule has 13 heavy (non-hydrogen) atoms. The van der Waals surface area contributed by atoms with Gasteiger partial charge in [-0.2, -0.15) is 0 Å². The van der Waals surface area contributed by atoms with Gasteiger partial charge < -0.3 is 11.1 Å².